The summed E-state index contributed by atoms with van der Waals surface area (Å²) < 4.78 is 6.01. The molecule has 2 atom stereocenters. The van der Waals surface area contributed by atoms with E-state index >= 15 is 0 Å². The molecule has 0 radical (unpaired) electrons. The highest BCUT2D eigenvalue weighted by Gasteiger charge is 2.53. The zero-order valence-electron chi connectivity index (χ0n) is 11.2. The van der Waals surface area contributed by atoms with Gasteiger partial charge in [0, 0.05) is 11.8 Å². The number of hydrogen-bond acceptors (Lipinski definition) is 2. The third-order valence-corrected chi connectivity index (χ3v) is 4.71. The Kier molecular flexibility index (Phi) is 3.88. The van der Waals surface area contributed by atoms with Crippen molar-refractivity contribution in [1.82, 2.24) is 0 Å². The Balaban J connectivity index is 2.15. The van der Waals surface area contributed by atoms with Crippen molar-refractivity contribution in [3.8, 4) is 5.75 Å². The van der Waals surface area contributed by atoms with Crippen LogP contribution in [0.3, 0.4) is 0 Å². The summed E-state index contributed by atoms with van der Waals surface area (Å²) in [6.45, 7) is 6.23. The molecule has 2 nitrogen and oxygen atoms in total. The van der Waals surface area contributed by atoms with Crippen LogP contribution in [0.25, 0.3) is 0 Å². The number of hydrogen-bond donors (Lipinski definition) is 1. The molecule has 1 saturated carbocycles. The summed E-state index contributed by atoms with van der Waals surface area (Å²) in [5.41, 5.74) is 1.02. The third kappa shape index (κ3) is 2.12. The molecule has 1 aliphatic rings. The fourth-order valence-electron chi connectivity index (χ4n) is 2.92. The Morgan fingerprint density at radius 1 is 1.39 bits per heavy atom. The first-order valence-corrected chi connectivity index (χ1v) is 7.02. The molecule has 1 aliphatic carbocycles. The van der Waals surface area contributed by atoms with E-state index < -0.39 is 0 Å². The van der Waals surface area contributed by atoms with Crippen LogP contribution in [0.1, 0.15) is 38.7 Å². The van der Waals surface area contributed by atoms with Gasteiger partial charge in [-0.1, -0.05) is 31.5 Å². The summed E-state index contributed by atoms with van der Waals surface area (Å²) in [5.74, 6) is 0.727. The van der Waals surface area contributed by atoms with Gasteiger partial charge in [-0.2, -0.15) is 0 Å². The first-order chi connectivity index (χ1) is 8.53. The molecule has 3 heteroatoms. The summed E-state index contributed by atoms with van der Waals surface area (Å²) in [4.78, 5) is 0. The van der Waals surface area contributed by atoms with E-state index in [1.54, 1.807) is 0 Å². The van der Waals surface area contributed by atoms with Crippen LogP contribution in [0.4, 0.5) is 0 Å². The van der Waals surface area contributed by atoms with Crippen molar-refractivity contribution in [3.05, 3.63) is 28.8 Å². The minimum atomic E-state index is -0.248. The first-order valence-electron chi connectivity index (χ1n) is 6.64. The molecule has 0 aliphatic heterocycles. The predicted molar refractivity (Wildman–Crippen MR) is 74.2 cm³/mol. The van der Waals surface area contributed by atoms with E-state index in [1.807, 2.05) is 25.1 Å². The van der Waals surface area contributed by atoms with Crippen molar-refractivity contribution in [1.29, 1.82) is 0 Å². The van der Waals surface area contributed by atoms with Gasteiger partial charge in [-0.25, -0.2) is 0 Å². The van der Waals surface area contributed by atoms with Gasteiger partial charge in [0.25, 0.3) is 0 Å². The third-order valence-electron chi connectivity index (χ3n) is 4.42. The summed E-state index contributed by atoms with van der Waals surface area (Å²) in [6.07, 6.45) is 2.38. The molecule has 100 valence electrons. The molecule has 0 bridgehead atoms. The molecule has 1 aromatic rings. The second-order valence-corrected chi connectivity index (χ2v) is 5.64. The minimum Gasteiger partial charge on any atom is -0.488 e. The van der Waals surface area contributed by atoms with Gasteiger partial charge in [0.1, 0.15) is 11.9 Å². The maximum atomic E-state index is 10.0. The molecule has 0 heterocycles. The molecule has 0 saturated heterocycles. The Labute approximate surface area is 114 Å². The Hall–Kier alpha value is -0.730. The van der Waals surface area contributed by atoms with Crippen molar-refractivity contribution >= 4 is 11.6 Å². The number of halogens is 1. The van der Waals surface area contributed by atoms with Crippen molar-refractivity contribution in [2.45, 2.75) is 52.2 Å². The molecule has 1 aromatic carbocycles. The lowest BCUT2D eigenvalue weighted by Crippen LogP contribution is -2.59. The number of aryl methyl sites for hydroxylation is 1. The zero-order chi connectivity index (χ0) is 13.3. The quantitative estimate of drug-likeness (QED) is 0.895. The van der Waals surface area contributed by atoms with Gasteiger partial charge >= 0.3 is 0 Å². The van der Waals surface area contributed by atoms with Gasteiger partial charge in [-0.3, -0.25) is 0 Å². The van der Waals surface area contributed by atoms with E-state index in [9.17, 15) is 5.11 Å². The Morgan fingerprint density at radius 3 is 2.56 bits per heavy atom. The van der Waals surface area contributed by atoms with E-state index in [0.29, 0.717) is 11.4 Å². The lowest BCUT2D eigenvalue weighted by Gasteiger charge is -2.52. The normalized spacial score (nSPS) is 25.6. The topological polar surface area (TPSA) is 29.5 Å². The van der Waals surface area contributed by atoms with Gasteiger partial charge in [0.05, 0.1) is 11.1 Å². The van der Waals surface area contributed by atoms with E-state index in [4.69, 9.17) is 16.3 Å². The zero-order valence-corrected chi connectivity index (χ0v) is 12.0. The van der Waals surface area contributed by atoms with E-state index in [0.717, 1.165) is 24.2 Å². The highest BCUT2D eigenvalue weighted by atomic mass is 35.5. The summed E-state index contributed by atoms with van der Waals surface area (Å²) in [5, 5.41) is 10.7. The molecular formula is C15H21ClO2. The molecule has 2 unspecified atom stereocenters. The van der Waals surface area contributed by atoms with Crippen LogP contribution in [0.15, 0.2) is 18.2 Å². The molecular weight excluding hydrogens is 248 g/mol. The van der Waals surface area contributed by atoms with Crippen LogP contribution in [0.5, 0.6) is 5.75 Å². The number of benzene rings is 1. The number of ether oxygens (including phenoxy) is 1. The smallest absolute Gasteiger partial charge is 0.138 e. The lowest BCUT2D eigenvalue weighted by molar-refractivity contribution is -0.159. The monoisotopic (exact) mass is 268 g/mol. The number of rotatable bonds is 4. The van der Waals surface area contributed by atoms with Gasteiger partial charge < -0.3 is 9.84 Å². The summed E-state index contributed by atoms with van der Waals surface area (Å²) in [6, 6.07) is 5.82. The largest absolute Gasteiger partial charge is 0.488 e. The molecule has 0 amide bonds. The van der Waals surface area contributed by atoms with E-state index in [2.05, 4.69) is 13.8 Å². The van der Waals surface area contributed by atoms with E-state index in [-0.39, 0.29) is 17.6 Å². The second kappa shape index (κ2) is 5.10. The standard InChI is InChI=1S/C15H21ClO2/c1-4-15(5-2)13(17)9-14(15)18-12-7-6-10(3)8-11(12)16/h6-8,13-14,17H,4-5,9H2,1-3H3. The minimum absolute atomic E-state index is 0.0720. The average Bonchev–Trinajstić information content (AvgIpc) is 2.33. The maximum Gasteiger partial charge on any atom is 0.138 e. The van der Waals surface area contributed by atoms with Crippen LogP contribution in [0, 0.1) is 12.3 Å². The molecule has 1 fully saturated rings. The lowest BCUT2D eigenvalue weighted by atomic mass is 9.60. The average molecular weight is 269 g/mol. The molecule has 1 N–H and O–H groups in total. The highest BCUT2D eigenvalue weighted by Crippen LogP contribution is 2.49. The van der Waals surface area contributed by atoms with Crippen molar-refractivity contribution in [3.63, 3.8) is 0 Å². The van der Waals surface area contributed by atoms with Gasteiger partial charge in [-0.05, 0) is 37.5 Å². The van der Waals surface area contributed by atoms with Crippen molar-refractivity contribution in [2.75, 3.05) is 0 Å². The summed E-state index contributed by atoms with van der Waals surface area (Å²) in [7, 11) is 0. The maximum absolute atomic E-state index is 10.0. The number of aliphatic hydroxyl groups is 1. The fourth-order valence-corrected chi connectivity index (χ4v) is 3.20. The van der Waals surface area contributed by atoms with Crippen LogP contribution in [-0.2, 0) is 0 Å². The van der Waals surface area contributed by atoms with Crippen LogP contribution in [-0.4, -0.2) is 17.3 Å². The molecule has 0 spiro atoms. The van der Waals surface area contributed by atoms with Crippen molar-refractivity contribution < 1.29 is 9.84 Å². The Bertz CT molecular complexity index is 427. The molecule has 18 heavy (non-hydrogen) atoms. The van der Waals surface area contributed by atoms with Crippen molar-refractivity contribution in [2.24, 2.45) is 5.41 Å². The molecule has 0 aromatic heterocycles. The molecule has 2 rings (SSSR count). The van der Waals surface area contributed by atoms with Crippen LogP contribution in [0.2, 0.25) is 5.02 Å². The van der Waals surface area contributed by atoms with Gasteiger partial charge in [-0.15, -0.1) is 0 Å². The van der Waals surface area contributed by atoms with Crippen LogP contribution >= 0.6 is 11.6 Å². The van der Waals surface area contributed by atoms with Crippen LogP contribution < -0.4 is 4.74 Å². The summed E-state index contributed by atoms with van der Waals surface area (Å²) >= 11 is 6.18. The van der Waals surface area contributed by atoms with E-state index in [1.165, 1.54) is 0 Å². The fraction of sp³-hybridized carbons (Fsp3) is 0.600. The predicted octanol–water partition coefficient (Wildman–Crippen LogP) is 3.97. The second-order valence-electron chi connectivity index (χ2n) is 5.23. The highest BCUT2D eigenvalue weighted by molar-refractivity contribution is 6.32. The van der Waals surface area contributed by atoms with Gasteiger partial charge in [0.15, 0.2) is 0 Å². The SMILES string of the molecule is CCC1(CC)C(O)CC1Oc1ccc(C)cc1Cl. The number of aliphatic hydroxyl groups excluding tert-OH is 1. The Morgan fingerprint density at radius 2 is 2.06 bits per heavy atom. The van der Waals surface area contributed by atoms with Gasteiger partial charge in [0.2, 0.25) is 0 Å². The first kappa shape index (κ1) is 13.7.